The van der Waals surface area contributed by atoms with Crippen molar-refractivity contribution in [2.24, 2.45) is 0 Å². The van der Waals surface area contributed by atoms with Crippen molar-refractivity contribution < 1.29 is 9.59 Å². The maximum Gasteiger partial charge on any atom is 0.227 e. The summed E-state index contributed by atoms with van der Waals surface area (Å²) in [6.07, 6.45) is 5.97. The van der Waals surface area contributed by atoms with E-state index in [1.807, 2.05) is 42.7 Å². The molecule has 1 aliphatic rings. The molecule has 0 fully saturated rings. The molecule has 0 saturated heterocycles. The third-order valence-corrected chi connectivity index (χ3v) is 8.13. The maximum absolute atomic E-state index is 12.5. The number of aromatic nitrogens is 3. The van der Waals surface area contributed by atoms with E-state index in [2.05, 4.69) is 47.4 Å². The van der Waals surface area contributed by atoms with Gasteiger partial charge in [0, 0.05) is 65.4 Å². The van der Waals surface area contributed by atoms with Gasteiger partial charge in [-0.2, -0.15) is 0 Å². The lowest BCUT2D eigenvalue weighted by Gasteiger charge is -2.29. The van der Waals surface area contributed by atoms with E-state index >= 15 is 0 Å². The van der Waals surface area contributed by atoms with E-state index in [0.29, 0.717) is 0 Å². The summed E-state index contributed by atoms with van der Waals surface area (Å²) in [6, 6.07) is 24.9. The largest absolute Gasteiger partial charge is 0.358 e. The predicted octanol–water partition coefficient (Wildman–Crippen LogP) is 7.46. The molecular formula is C32H27N3O2. The van der Waals surface area contributed by atoms with Crippen LogP contribution in [0.4, 0.5) is 0 Å². The van der Waals surface area contributed by atoms with E-state index in [1.54, 1.807) is 23.0 Å². The van der Waals surface area contributed by atoms with Gasteiger partial charge in [-0.1, -0.05) is 54.6 Å². The summed E-state index contributed by atoms with van der Waals surface area (Å²) in [4.78, 5) is 28.8. The highest BCUT2D eigenvalue weighted by Crippen LogP contribution is 2.50. The molecular weight excluding hydrogens is 458 g/mol. The van der Waals surface area contributed by atoms with Crippen LogP contribution in [0.1, 0.15) is 70.5 Å². The summed E-state index contributed by atoms with van der Waals surface area (Å²) in [6.45, 7) is 3.24. The molecule has 0 amide bonds. The molecule has 0 unspecified atom stereocenters. The lowest BCUT2D eigenvalue weighted by Crippen LogP contribution is -2.16. The van der Waals surface area contributed by atoms with E-state index in [0.717, 1.165) is 40.2 Å². The van der Waals surface area contributed by atoms with Crippen LogP contribution in [0, 0.1) is 0 Å². The Balaban J connectivity index is 1.48. The highest BCUT2D eigenvalue weighted by atomic mass is 16.2. The number of fused-ring (bicyclic) bond motifs is 5. The molecule has 2 atom stereocenters. The maximum atomic E-state index is 12.5. The number of nitrogens with one attached hydrogen (secondary N) is 1. The third kappa shape index (κ3) is 3.17. The second kappa shape index (κ2) is 8.07. The SMILES string of the molecule is CC(=O)n1cc([C@@H]2CC[C@H](c3cn(C(C)=O)c4ccccc34)c3c2[nH]c2ccccc32)c2ccccc21. The fraction of sp³-hybridized carbons (Fsp3) is 0.188. The normalized spacial score (nSPS) is 17.5. The van der Waals surface area contributed by atoms with Crippen LogP contribution in [-0.2, 0) is 0 Å². The summed E-state index contributed by atoms with van der Waals surface area (Å²) >= 11 is 0. The van der Waals surface area contributed by atoms with Gasteiger partial charge in [-0.3, -0.25) is 18.7 Å². The first-order valence-corrected chi connectivity index (χ1v) is 12.8. The van der Waals surface area contributed by atoms with Gasteiger partial charge >= 0.3 is 0 Å². The minimum atomic E-state index is 0.0186. The fourth-order valence-corrected chi connectivity index (χ4v) is 6.57. The van der Waals surface area contributed by atoms with Crippen molar-refractivity contribution in [2.75, 3.05) is 0 Å². The van der Waals surface area contributed by atoms with E-state index in [1.165, 1.54) is 27.8 Å². The molecule has 7 rings (SSSR count). The molecule has 0 aliphatic heterocycles. The number of hydrogen-bond donors (Lipinski definition) is 1. The second-order valence-corrected chi connectivity index (χ2v) is 10.2. The molecule has 0 bridgehead atoms. The van der Waals surface area contributed by atoms with Crippen molar-refractivity contribution >= 4 is 44.5 Å². The van der Waals surface area contributed by atoms with E-state index < -0.39 is 0 Å². The Morgan fingerprint density at radius 1 is 0.676 bits per heavy atom. The molecule has 1 aliphatic carbocycles. The van der Waals surface area contributed by atoms with Gasteiger partial charge in [-0.25, -0.2) is 0 Å². The zero-order valence-electron chi connectivity index (χ0n) is 20.9. The number of hydrogen-bond acceptors (Lipinski definition) is 2. The van der Waals surface area contributed by atoms with Gasteiger partial charge in [0.05, 0.1) is 11.0 Å². The fourth-order valence-electron chi connectivity index (χ4n) is 6.57. The lowest BCUT2D eigenvalue weighted by atomic mass is 9.74. The molecule has 5 nitrogen and oxygen atoms in total. The van der Waals surface area contributed by atoms with Gasteiger partial charge in [-0.15, -0.1) is 0 Å². The molecule has 5 heteroatoms. The van der Waals surface area contributed by atoms with Crippen LogP contribution in [0.15, 0.2) is 85.2 Å². The first kappa shape index (κ1) is 21.9. The van der Waals surface area contributed by atoms with Crippen LogP contribution in [0.25, 0.3) is 32.7 Å². The van der Waals surface area contributed by atoms with Crippen LogP contribution in [-0.4, -0.2) is 25.9 Å². The van der Waals surface area contributed by atoms with Crippen molar-refractivity contribution in [3.05, 3.63) is 108 Å². The van der Waals surface area contributed by atoms with Crippen LogP contribution in [0.5, 0.6) is 0 Å². The molecule has 3 aromatic heterocycles. The first-order valence-electron chi connectivity index (χ1n) is 12.8. The van der Waals surface area contributed by atoms with Crippen LogP contribution >= 0.6 is 0 Å². The molecule has 6 aromatic rings. The number of rotatable bonds is 2. The number of aromatic amines is 1. The topological polar surface area (TPSA) is 59.8 Å². The number of nitrogens with zero attached hydrogens (tertiary/aromatic N) is 2. The molecule has 0 radical (unpaired) electrons. The van der Waals surface area contributed by atoms with Crippen LogP contribution in [0.2, 0.25) is 0 Å². The predicted molar refractivity (Wildman–Crippen MR) is 148 cm³/mol. The van der Waals surface area contributed by atoms with Gasteiger partial charge in [0.15, 0.2) is 0 Å². The van der Waals surface area contributed by atoms with Crippen LogP contribution in [0.3, 0.4) is 0 Å². The quantitative estimate of drug-likeness (QED) is 0.277. The minimum Gasteiger partial charge on any atom is -0.358 e. The molecule has 3 aromatic carbocycles. The first-order chi connectivity index (χ1) is 18.0. The summed E-state index contributed by atoms with van der Waals surface area (Å²) in [5, 5.41) is 3.48. The highest BCUT2D eigenvalue weighted by Gasteiger charge is 2.35. The smallest absolute Gasteiger partial charge is 0.227 e. The van der Waals surface area contributed by atoms with Crippen molar-refractivity contribution in [1.82, 2.24) is 14.1 Å². The van der Waals surface area contributed by atoms with Crippen LogP contribution < -0.4 is 0 Å². The summed E-state index contributed by atoms with van der Waals surface area (Å²) in [5.74, 6) is 0.344. The monoisotopic (exact) mass is 485 g/mol. The molecule has 0 spiro atoms. The number of benzene rings is 3. The second-order valence-electron chi connectivity index (χ2n) is 10.2. The zero-order chi connectivity index (χ0) is 25.3. The summed E-state index contributed by atoms with van der Waals surface area (Å²) in [5.41, 5.74) is 7.92. The lowest BCUT2D eigenvalue weighted by molar-refractivity contribution is 0.0932. The minimum absolute atomic E-state index is 0.0186. The third-order valence-electron chi connectivity index (χ3n) is 8.13. The zero-order valence-corrected chi connectivity index (χ0v) is 20.9. The molecule has 3 heterocycles. The number of H-pyrrole nitrogens is 1. The summed E-state index contributed by atoms with van der Waals surface area (Å²) < 4.78 is 3.56. The average molecular weight is 486 g/mol. The van der Waals surface area contributed by atoms with Gasteiger partial charge in [0.1, 0.15) is 0 Å². The Morgan fingerprint density at radius 2 is 1.16 bits per heavy atom. The van der Waals surface area contributed by atoms with Crippen molar-refractivity contribution in [2.45, 2.75) is 38.5 Å². The van der Waals surface area contributed by atoms with Crippen molar-refractivity contribution in [3.63, 3.8) is 0 Å². The Hall–Kier alpha value is -4.38. The summed E-state index contributed by atoms with van der Waals surface area (Å²) in [7, 11) is 0. The molecule has 182 valence electrons. The Labute approximate surface area is 214 Å². The Bertz CT molecular complexity index is 1870. The number of carbonyl (C=O) groups is 2. The molecule has 37 heavy (non-hydrogen) atoms. The van der Waals surface area contributed by atoms with E-state index in [4.69, 9.17) is 0 Å². The highest BCUT2D eigenvalue weighted by molar-refractivity contribution is 5.97. The Kier molecular flexibility index (Phi) is 4.77. The van der Waals surface area contributed by atoms with Crippen molar-refractivity contribution in [3.8, 4) is 0 Å². The standard InChI is InChI=1S/C32H27N3O2/c1-19(36)34-17-26(21-9-4-7-13-29(21)34)23-15-16-24(32-31(23)25-11-3-6-12-28(25)33-32)27-18-35(20(2)37)30-14-8-5-10-22(27)30/h3-14,17-18,23-24,33H,15-16H2,1-2H3/t23-,24+/m1/s1. The van der Waals surface area contributed by atoms with Gasteiger partial charge in [-0.05, 0) is 47.7 Å². The van der Waals surface area contributed by atoms with E-state index in [9.17, 15) is 9.59 Å². The van der Waals surface area contributed by atoms with E-state index in [-0.39, 0.29) is 23.7 Å². The Morgan fingerprint density at radius 3 is 1.76 bits per heavy atom. The van der Waals surface area contributed by atoms with Gasteiger partial charge in [0.2, 0.25) is 11.8 Å². The molecule has 1 N–H and O–H groups in total. The van der Waals surface area contributed by atoms with Gasteiger partial charge in [0.25, 0.3) is 0 Å². The van der Waals surface area contributed by atoms with Crippen molar-refractivity contribution in [1.29, 1.82) is 0 Å². The number of para-hydroxylation sites is 3. The average Bonchev–Trinajstić information content (AvgIpc) is 3.60. The van der Waals surface area contributed by atoms with Gasteiger partial charge < -0.3 is 4.98 Å². The number of carbonyl (C=O) groups excluding carboxylic acids is 2. The molecule has 0 saturated carbocycles.